The lowest BCUT2D eigenvalue weighted by Crippen LogP contribution is -2.51. The average Bonchev–Trinajstić information content (AvgIpc) is 1.84. The lowest BCUT2D eigenvalue weighted by molar-refractivity contribution is -0.142. The van der Waals surface area contributed by atoms with Crippen molar-refractivity contribution in [1.82, 2.24) is 0 Å². The minimum atomic E-state index is -1.11. The zero-order valence-electron chi connectivity index (χ0n) is 5.75. The highest BCUT2D eigenvalue weighted by Crippen LogP contribution is 2.29. The van der Waals surface area contributed by atoms with Gasteiger partial charge in [-0.2, -0.15) is 0 Å². The van der Waals surface area contributed by atoms with Gasteiger partial charge in [-0.3, -0.25) is 0 Å². The van der Waals surface area contributed by atoms with E-state index in [1.54, 1.807) is 6.08 Å². The second-order valence-corrected chi connectivity index (χ2v) is 3.25. The molecule has 0 heterocycles. The van der Waals surface area contributed by atoms with Gasteiger partial charge in [0.1, 0.15) is 5.54 Å². The summed E-state index contributed by atoms with van der Waals surface area (Å²) in [4.78, 5) is 10.5. The molecule has 60 valence electrons. The normalized spacial score (nSPS) is 29.8. The number of carboxylic acid groups (broad SMARTS) is 1. The third-order valence-electron chi connectivity index (χ3n) is 1.61. The van der Waals surface area contributed by atoms with Crippen LogP contribution in [0.4, 0.5) is 0 Å². The molecule has 0 aromatic carbocycles. The Morgan fingerprint density at radius 1 is 1.91 bits per heavy atom. The highest BCUT2D eigenvalue weighted by molar-refractivity contribution is 14.1. The second-order valence-electron chi connectivity index (χ2n) is 2.53. The molecule has 1 unspecified atom stereocenters. The van der Waals surface area contributed by atoms with Crippen molar-refractivity contribution >= 4 is 28.6 Å². The fraction of sp³-hybridized carbons (Fsp3) is 0.286. The van der Waals surface area contributed by atoms with Crippen molar-refractivity contribution in [3.8, 4) is 0 Å². The maximum atomic E-state index is 10.5. The van der Waals surface area contributed by atoms with Gasteiger partial charge in [0.05, 0.1) is 0 Å². The molecule has 0 radical (unpaired) electrons. The third kappa shape index (κ3) is 1.62. The molecule has 11 heavy (non-hydrogen) atoms. The summed E-state index contributed by atoms with van der Waals surface area (Å²) in [7, 11) is 0. The van der Waals surface area contributed by atoms with Crippen LogP contribution in [0.2, 0.25) is 0 Å². The van der Waals surface area contributed by atoms with E-state index in [4.69, 9.17) is 10.8 Å². The summed E-state index contributed by atoms with van der Waals surface area (Å²) < 4.78 is 1.84. The average molecular weight is 265 g/mol. The van der Waals surface area contributed by atoms with Crippen LogP contribution >= 0.6 is 22.6 Å². The molecule has 0 saturated carbocycles. The summed E-state index contributed by atoms with van der Waals surface area (Å²) in [6.45, 7) is 0. The Bertz CT molecular complexity index is 247. The monoisotopic (exact) mass is 265 g/mol. The first kappa shape index (κ1) is 8.73. The van der Waals surface area contributed by atoms with E-state index in [-0.39, 0.29) is 0 Å². The molecule has 0 bridgehead atoms. The van der Waals surface area contributed by atoms with Crippen molar-refractivity contribution in [2.75, 3.05) is 0 Å². The molecule has 0 spiro atoms. The fourth-order valence-electron chi connectivity index (χ4n) is 0.965. The molecule has 1 aliphatic rings. The number of nitrogens with two attached hydrogens (primary N) is 1. The second kappa shape index (κ2) is 2.94. The van der Waals surface area contributed by atoms with E-state index >= 15 is 0 Å². The molecular weight excluding hydrogens is 257 g/mol. The molecule has 0 aromatic heterocycles. The minimum absolute atomic E-state index is 0.432. The highest BCUT2D eigenvalue weighted by atomic mass is 127. The molecule has 0 aromatic rings. The SMILES string of the molecule is NC1(C(=O)O)C=C(/C=C/I)C1. The number of allylic oxidation sites excluding steroid dienone is 1. The topological polar surface area (TPSA) is 63.3 Å². The van der Waals surface area contributed by atoms with E-state index in [9.17, 15) is 4.79 Å². The Labute approximate surface area is 78.1 Å². The Hall–Kier alpha value is -0.360. The van der Waals surface area contributed by atoms with E-state index in [2.05, 4.69) is 22.6 Å². The van der Waals surface area contributed by atoms with Gasteiger partial charge in [0.15, 0.2) is 0 Å². The predicted molar refractivity (Wildman–Crippen MR) is 50.4 cm³/mol. The van der Waals surface area contributed by atoms with Crippen LogP contribution in [-0.4, -0.2) is 16.6 Å². The maximum absolute atomic E-state index is 10.5. The number of hydrogen-bond donors (Lipinski definition) is 2. The van der Waals surface area contributed by atoms with E-state index < -0.39 is 11.5 Å². The number of hydrogen-bond acceptors (Lipinski definition) is 2. The van der Waals surface area contributed by atoms with Crippen LogP contribution in [0.5, 0.6) is 0 Å². The van der Waals surface area contributed by atoms with Crippen LogP contribution in [0, 0.1) is 0 Å². The van der Waals surface area contributed by atoms with Gasteiger partial charge in [-0.1, -0.05) is 28.7 Å². The lowest BCUT2D eigenvalue weighted by Gasteiger charge is -2.30. The van der Waals surface area contributed by atoms with Crippen molar-refractivity contribution < 1.29 is 9.90 Å². The van der Waals surface area contributed by atoms with Crippen molar-refractivity contribution in [2.24, 2.45) is 5.73 Å². The summed E-state index contributed by atoms with van der Waals surface area (Å²) in [5, 5.41) is 8.58. The van der Waals surface area contributed by atoms with Gasteiger partial charge in [-0.25, -0.2) is 4.79 Å². The van der Waals surface area contributed by atoms with Crippen LogP contribution in [0.25, 0.3) is 0 Å². The molecule has 0 fully saturated rings. The Morgan fingerprint density at radius 3 is 2.82 bits per heavy atom. The van der Waals surface area contributed by atoms with Crippen molar-refractivity contribution in [3.05, 3.63) is 21.8 Å². The molecule has 4 heteroatoms. The summed E-state index contributed by atoms with van der Waals surface area (Å²) >= 11 is 2.08. The van der Waals surface area contributed by atoms with Crippen molar-refractivity contribution in [2.45, 2.75) is 12.0 Å². The molecule has 0 amide bonds. The zero-order valence-corrected chi connectivity index (χ0v) is 7.91. The van der Waals surface area contributed by atoms with Gasteiger partial charge in [0, 0.05) is 6.42 Å². The van der Waals surface area contributed by atoms with Crippen LogP contribution in [0.1, 0.15) is 6.42 Å². The standard InChI is InChI=1S/C7H8INO2/c8-2-1-5-3-7(9,4-5)6(10)11/h1-3H,4,9H2,(H,10,11)/b2-1+. The number of rotatable bonds is 2. The first-order valence-electron chi connectivity index (χ1n) is 3.09. The summed E-state index contributed by atoms with van der Waals surface area (Å²) in [5.41, 5.74) is 5.34. The highest BCUT2D eigenvalue weighted by Gasteiger charge is 2.38. The first-order valence-corrected chi connectivity index (χ1v) is 4.34. The molecule has 1 atom stereocenters. The third-order valence-corrected chi connectivity index (χ3v) is 1.97. The van der Waals surface area contributed by atoms with Gasteiger partial charge in [0.25, 0.3) is 0 Å². The molecule has 0 saturated heterocycles. The van der Waals surface area contributed by atoms with Crippen molar-refractivity contribution in [3.63, 3.8) is 0 Å². The van der Waals surface area contributed by atoms with Crippen molar-refractivity contribution in [1.29, 1.82) is 0 Å². The number of halogens is 1. The first-order chi connectivity index (χ1) is 5.08. The summed E-state index contributed by atoms with van der Waals surface area (Å²) in [5.74, 6) is -0.955. The lowest BCUT2D eigenvalue weighted by atomic mass is 9.80. The molecule has 0 aliphatic heterocycles. The van der Waals surface area contributed by atoms with E-state index in [0.29, 0.717) is 6.42 Å². The van der Waals surface area contributed by atoms with Gasteiger partial charge in [0.2, 0.25) is 0 Å². The van der Waals surface area contributed by atoms with Crippen LogP contribution in [0.15, 0.2) is 21.8 Å². The number of carboxylic acids is 1. The number of carbonyl (C=O) groups is 1. The number of aliphatic carboxylic acids is 1. The largest absolute Gasteiger partial charge is 0.480 e. The van der Waals surface area contributed by atoms with E-state index in [1.807, 2.05) is 10.2 Å². The van der Waals surface area contributed by atoms with E-state index in [1.165, 1.54) is 0 Å². The molecule has 3 N–H and O–H groups in total. The Balaban J connectivity index is 2.68. The zero-order chi connectivity index (χ0) is 8.48. The van der Waals surface area contributed by atoms with Crippen LogP contribution in [-0.2, 0) is 4.79 Å². The maximum Gasteiger partial charge on any atom is 0.328 e. The van der Waals surface area contributed by atoms with E-state index in [0.717, 1.165) is 5.57 Å². The van der Waals surface area contributed by atoms with Crippen LogP contribution in [0.3, 0.4) is 0 Å². The molecule has 3 nitrogen and oxygen atoms in total. The van der Waals surface area contributed by atoms with Gasteiger partial charge < -0.3 is 10.8 Å². The minimum Gasteiger partial charge on any atom is -0.480 e. The van der Waals surface area contributed by atoms with Gasteiger partial charge in [-0.15, -0.1) is 0 Å². The summed E-state index contributed by atoms with van der Waals surface area (Å²) in [6.07, 6.45) is 3.86. The predicted octanol–water partition coefficient (Wildman–Crippen LogP) is 1.05. The Kier molecular flexibility index (Phi) is 2.34. The summed E-state index contributed by atoms with van der Waals surface area (Å²) in [6, 6.07) is 0. The van der Waals surface area contributed by atoms with Gasteiger partial charge in [-0.05, 0) is 15.7 Å². The molecule has 1 aliphatic carbocycles. The van der Waals surface area contributed by atoms with Crippen LogP contribution < -0.4 is 5.73 Å². The molecule has 1 rings (SSSR count). The molecular formula is C7H8INO2. The Morgan fingerprint density at radius 2 is 2.45 bits per heavy atom. The smallest absolute Gasteiger partial charge is 0.328 e. The quantitative estimate of drug-likeness (QED) is 0.733. The fourth-order valence-corrected chi connectivity index (χ4v) is 1.43. The van der Waals surface area contributed by atoms with Gasteiger partial charge >= 0.3 is 5.97 Å².